The molecule has 0 saturated carbocycles. The molecular weight excluding hydrogens is 286 g/mol. The summed E-state index contributed by atoms with van der Waals surface area (Å²) in [7, 11) is 0. The van der Waals surface area contributed by atoms with Crippen LogP contribution >= 0.6 is 11.3 Å². The van der Waals surface area contributed by atoms with E-state index in [0.717, 1.165) is 17.0 Å². The quantitative estimate of drug-likeness (QED) is 0.860. The van der Waals surface area contributed by atoms with Crippen LogP contribution in [0.5, 0.6) is 5.75 Å². The van der Waals surface area contributed by atoms with Crippen molar-refractivity contribution in [3.8, 4) is 5.75 Å². The largest absolute Gasteiger partial charge is 0.491 e. The summed E-state index contributed by atoms with van der Waals surface area (Å²) in [6.07, 6.45) is 0.910. The number of anilines is 1. The van der Waals surface area contributed by atoms with E-state index in [2.05, 4.69) is 10.3 Å². The second-order valence-electron chi connectivity index (χ2n) is 4.63. The van der Waals surface area contributed by atoms with Crippen molar-refractivity contribution < 1.29 is 9.53 Å². The first-order valence-electron chi connectivity index (χ1n) is 6.83. The molecule has 0 radical (unpaired) electrons. The van der Waals surface area contributed by atoms with Gasteiger partial charge in [-0.05, 0) is 31.0 Å². The first-order valence-corrected chi connectivity index (χ1v) is 7.71. The number of rotatable bonds is 6. The van der Waals surface area contributed by atoms with E-state index in [9.17, 15) is 4.79 Å². The van der Waals surface area contributed by atoms with Gasteiger partial charge in [-0.3, -0.25) is 4.79 Å². The van der Waals surface area contributed by atoms with E-state index in [1.807, 2.05) is 32.0 Å². The van der Waals surface area contributed by atoms with E-state index < -0.39 is 0 Å². The average Bonchev–Trinajstić information content (AvgIpc) is 2.96. The number of benzene rings is 1. The lowest BCUT2D eigenvalue weighted by atomic mass is 10.2. The van der Waals surface area contributed by atoms with Gasteiger partial charge in [0.15, 0.2) is 0 Å². The summed E-state index contributed by atoms with van der Waals surface area (Å²) in [5, 5.41) is 5.29. The van der Waals surface area contributed by atoms with Gasteiger partial charge in [-0.2, -0.15) is 0 Å². The van der Waals surface area contributed by atoms with Gasteiger partial charge in [0, 0.05) is 11.9 Å². The van der Waals surface area contributed by atoms with Gasteiger partial charge in [-0.1, -0.05) is 13.0 Å². The van der Waals surface area contributed by atoms with E-state index in [1.54, 1.807) is 5.38 Å². The van der Waals surface area contributed by atoms with Crippen LogP contribution in [0, 0.1) is 6.92 Å². The second-order valence-corrected chi connectivity index (χ2v) is 5.58. The minimum atomic E-state index is -0.254. The smallest absolute Gasteiger partial charge is 0.275 e. The molecule has 21 heavy (non-hydrogen) atoms. The van der Waals surface area contributed by atoms with E-state index in [4.69, 9.17) is 10.5 Å². The van der Waals surface area contributed by atoms with Crippen LogP contribution < -0.4 is 15.8 Å². The predicted molar refractivity (Wildman–Crippen MR) is 84.9 cm³/mol. The molecule has 1 heterocycles. The lowest BCUT2D eigenvalue weighted by Crippen LogP contribution is -2.14. The van der Waals surface area contributed by atoms with Crippen molar-refractivity contribution in [3.63, 3.8) is 0 Å². The summed E-state index contributed by atoms with van der Waals surface area (Å²) in [5.74, 6) is 0.427. The minimum absolute atomic E-state index is 0.254. The van der Waals surface area contributed by atoms with Gasteiger partial charge >= 0.3 is 0 Å². The number of nitrogens with two attached hydrogens (primary N) is 1. The fraction of sp³-hybridized carbons (Fsp3) is 0.333. The molecule has 0 unspecified atom stereocenters. The fourth-order valence-electron chi connectivity index (χ4n) is 1.76. The van der Waals surface area contributed by atoms with Crippen molar-refractivity contribution in [2.75, 3.05) is 11.9 Å². The van der Waals surface area contributed by atoms with Crippen LogP contribution in [0.4, 0.5) is 5.69 Å². The van der Waals surface area contributed by atoms with Crippen LogP contribution in [0.2, 0.25) is 0 Å². The maximum Gasteiger partial charge on any atom is 0.275 e. The van der Waals surface area contributed by atoms with Gasteiger partial charge in [0.05, 0.1) is 12.3 Å². The van der Waals surface area contributed by atoms with Gasteiger partial charge in [-0.25, -0.2) is 4.98 Å². The van der Waals surface area contributed by atoms with Gasteiger partial charge in [0.2, 0.25) is 0 Å². The van der Waals surface area contributed by atoms with Crippen LogP contribution in [0.3, 0.4) is 0 Å². The molecule has 5 nitrogen and oxygen atoms in total. The van der Waals surface area contributed by atoms with Gasteiger partial charge in [-0.15, -0.1) is 11.3 Å². The molecule has 1 aromatic carbocycles. The highest BCUT2D eigenvalue weighted by molar-refractivity contribution is 7.09. The molecule has 0 aliphatic rings. The van der Waals surface area contributed by atoms with E-state index in [1.165, 1.54) is 11.3 Å². The molecule has 0 fully saturated rings. The summed E-state index contributed by atoms with van der Waals surface area (Å²) < 4.78 is 5.68. The van der Waals surface area contributed by atoms with Crippen molar-refractivity contribution in [3.05, 3.63) is 39.8 Å². The molecule has 2 rings (SSSR count). The monoisotopic (exact) mass is 305 g/mol. The zero-order valence-electron chi connectivity index (χ0n) is 12.2. The van der Waals surface area contributed by atoms with Crippen LogP contribution in [0.25, 0.3) is 0 Å². The molecule has 2 aromatic rings. The number of amides is 1. The number of aryl methyl sites for hydroxylation is 1. The second kappa shape index (κ2) is 7.19. The average molecular weight is 305 g/mol. The summed E-state index contributed by atoms with van der Waals surface area (Å²) in [4.78, 5) is 16.4. The zero-order chi connectivity index (χ0) is 15.2. The topological polar surface area (TPSA) is 77.2 Å². The Kier molecular flexibility index (Phi) is 5.30. The Labute approximate surface area is 128 Å². The number of thiazole rings is 1. The lowest BCUT2D eigenvalue weighted by Gasteiger charge is -2.12. The standard InChI is InChI=1S/C15H19N3O2S/c1-3-6-20-13-7-10(2)4-5-11(13)18-15(19)12-9-21-14(8-16)17-12/h4-5,7,9H,3,6,8,16H2,1-2H3,(H,18,19). The van der Waals surface area contributed by atoms with Crippen LogP contribution in [0.1, 0.15) is 34.4 Å². The number of nitrogens with one attached hydrogen (secondary N) is 1. The Balaban J connectivity index is 2.16. The van der Waals surface area contributed by atoms with E-state index in [-0.39, 0.29) is 5.91 Å². The highest BCUT2D eigenvalue weighted by Gasteiger charge is 2.13. The van der Waals surface area contributed by atoms with Crippen LogP contribution in [0.15, 0.2) is 23.6 Å². The van der Waals surface area contributed by atoms with Gasteiger partial charge in [0.25, 0.3) is 5.91 Å². The number of ether oxygens (including phenoxy) is 1. The van der Waals surface area contributed by atoms with Crippen LogP contribution in [-0.4, -0.2) is 17.5 Å². The van der Waals surface area contributed by atoms with Crippen molar-refractivity contribution in [1.82, 2.24) is 4.98 Å². The molecule has 0 saturated heterocycles. The highest BCUT2D eigenvalue weighted by Crippen LogP contribution is 2.26. The Bertz CT molecular complexity index is 625. The normalized spacial score (nSPS) is 10.4. The first kappa shape index (κ1) is 15.5. The third-order valence-electron chi connectivity index (χ3n) is 2.81. The summed E-state index contributed by atoms with van der Waals surface area (Å²) >= 11 is 1.38. The summed E-state index contributed by atoms with van der Waals surface area (Å²) in [6, 6.07) is 5.69. The molecule has 0 aliphatic heterocycles. The van der Waals surface area contributed by atoms with Gasteiger partial charge < -0.3 is 15.8 Å². The molecule has 1 amide bonds. The van der Waals surface area contributed by atoms with Crippen molar-refractivity contribution >= 4 is 22.9 Å². The zero-order valence-corrected chi connectivity index (χ0v) is 13.0. The van der Waals surface area contributed by atoms with Crippen molar-refractivity contribution in [2.45, 2.75) is 26.8 Å². The predicted octanol–water partition coefficient (Wildman–Crippen LogP) is 2.95. The Hall–Kier alpha value is -1.92. The molecule has 1 aromatic heterocycles. The van der Waals surface area contributed by atoms with Gasteiger partial charge in [0.1, 0.15) is 16.5 Å². The molecule has 0 bridgehead atoms. The fourth-order valence-corrected chi connectivity index (χ4v) is 2.41. The van der Waals surface area contributed by atoms with E-state index >= 15 is 0 Å². The number of hydrogen-bond acceptors (Lipinski definition) is 5. The first-order chi connectivity index (χ1) is 10.1. The Morgan fingerprint density at radius 1 is 1.48 bits per heavy atom. The third-order valence-corrected chi connectivity index (χ3v) is 3.68. The number of carbonyl (C=O) groups is 1. The molecule has 0 atom stereocenters. The number of nitrogens with zero attached hydrogens (tertiary/aromatic N) is 1. The summed E-state index contributed by atoms with van der Waals surface area (Å²) in [6.45, 7) is 4.98. The number of hydrogen-bond donors (Lipinski definition) is 2. The highest BCUT2D eigenvalue weighted by atomic mass is 32.1. The molecule has 112 valence electrons. The Morgan fingerprint density at radius 2 is 2.29 bits per heavy atom. The third kappa shape index (κ3) is 4.03. The minimum Gasteiger partial charge on any atom is -0.491 e. The molecule has 0 aliphatic carbocycles. The maximum atomic E-state index is 12.2. The SMILES string of the molecule is CCCOc1cc(C)ccc1NC(=O)c1csc(CN)n1. The van der Waals surface area contributed by atoms with E-state index in [0.29, 0.717) is 30.3 Å². The van der Waals surface area contributed by atoms with Crippen molar-refractivity contribution in [2.24, 2.45) is 5.73 Å². The molecule has 3 N–H and O–H groups in total. The number of carbonyl (C=O) groups excluding carboxylic acids is 1. The summed E-state index contributed by atoms with van der Waals surface area (Å²) in [5.41, 5.74) is 7.62. The number of aromatic nitrogens is 1. The molecule has 6 heteroatoms. The van der Waals surface area contributed by atoms with Crippen molar-refractivity contribution in [1.29, 1.82) is 0 Å². The molecule has 0 spiro atoms. The Morgan fingerprint density at radius 3 is 2.95 bits per heavy atom. The molecular formula is C15H19N3O2S. The lowest BCUT2D eigenvalue weighted by molar-refractivity contribution is 0.102. The maximum absolute atomic E-state index is 12.2. The van der Waals surface area contributed by atoms with Crippen LogP contribution in [-0.2, 0) is 6.54 Å².